The molecule has 0 saturated carbocycles. The van der Waals surface area contributed by atoms with Crippen LogP contribution in [0.1, 0.15) is 44.0 Å². The lowest BCUT2D eigenvalue weighted by Gasteiger charge is -2.31. The molecule has 1 atom stereocenters. The van der Waals surface area contributed by atoms with Crippen LogP contribution in [-0.2, 0) is 11.3 Å². The summed E-state index contributed by atoms with van der Waals surface area (Å²) < 4.78 is 5.47. The number of para-hydroxylation sites is 1. The maximum atomic E-state index is 12.9. The SMILES string of the molecule is Cc1ccc(CNC(=O)[C@H]2CCCN(C(=O)c3nnc(C(=O)Nc4ccccc4)s3)C2)o1. The lowest BCUT2D eigenvalue weighted by atomic mass is 9.97. The molecule has 1 saturated heterocycles. The Morgan fingerprint density at radius 1 is 1.12 bits per heavy atom. The summed E-state index contributed by atoms with van der Waals surface area (Å²) in [6.07, 6.45) is 1.41. The summed E-state index contributed by atoms with van der Waals surface area (Å²) in [6, 6.07) is 12.7. The average Bonchev–Trinajstić information content (AvgIpc) is 3.47. The minimum atomic E-state index is -0.420. The summed E-state index contributed by atoms with van der Waals surface area (Å²) in [5.41, 5.74) is 0.634. The predicted octanol–water partition coefficient (Wildman–Crippen LogP) is 2.86. The number of hydrogen-bond acceptors (Lipinski definition) is 7. The second-order valence-electron chi connectivity index (χ2n) is 7.55. The molecule has 3 aromatic rings. The third kappa shape index (κ3) is 5.20. The van der Waals surface area contributed by atoms with Crippen LogP contribution in [-0.4, -0.2) is 45.9 Å². The van der Waals surface area contributed by atoms with E-state index >= 15 is 0 Å². The first-order valence-electron chi connectivity index (χ1n) is 10.3. The van der Waals surface area contributed by atoms with Crippen LogP contribution in [0.2, 0.25) is 0 Å². The second-order valence-corrected chi connectivity index (χ2v) is 8.53. The molecule has 32 heavy (non-hydrogen) atoms. The summed E-state index contributed by atoms with van der Waals surface area (Å²) in [5.74, 6) is 0.318. The molecule has 2 N–H and O–H groups in total. The third-order valence-electron chi connectivity index (χ3n) is 5.15. The Hall–Kier alpha value is -3.53. The monoisotopic (exact) mass is 453 g/mol. The lowest BCUT2D eigenvalue weighted by molar-refractivity contribution is -0.126. The molecule has 1 aromatic carbocycles. The van der Waals surface area contributed by atoms with Gasteiger partial charge >= 0.3 is 0 Å². The van der Waals surface area contributed by atoms with Crippen LogP contribution in [0.4, 0.5) is 5.69 Å². The Kier molecular flexibility index (Phi) is 6.60. The molecule has 166 valence electrons. The van der Waals surface area contributed by atoms with Gasteiger partial charge in [0, 0.05) is 18.8 Å². The Balaban J connectivity index is 1.33. The minimum Gasteiger partial charge on any atom is -0.465 e. The molecule has 9 nitrogen and oxygen atoms in total. The van der Waals surface area contributed by atoms with Crippen LogP contribution in [0.5, 0.6) is 0 Å². The number of amides is 3. The molecule has 0 unspecified atom stereocenters. The topological polar surface area (TPSA) is 117 Å². The fourth-order valence-electron chi connectivity index (χ4n) is 3.52. The number of rotatable bonds is 6. The Morgan fingerprint density at radius 3 is 2.66 bits per heavy atom. The van der Waals surface area contributed by atoms with E-state index in [0.717, 1.165) is 17.1 Å². The van der Waals surface area contributed by atoms with E-state index in [4.69, 9.17) is 4.42 Å². The van der Waals surface area contributed by atoms with Gasteiger partial charge in [0.05, 0.1) is 12.5 Å². The summed E-state index contributed by atoms with van der Waals surface area (Å²) in [5, 5.41) is 13.6. The van der Waals surface area contributed by atoms with Gasteiger partial charge in [0.15, 0.2) is 0 Å². The molecule has 0 spiro atoms. The van der Waals surface area contributed by atoms with Crippen molar-refractivity contribution in [1.82, 2.24) is 20.4 Å². The maximum Gasteiger partial charge on any atom is 0.286 e. The molecule has 0 bridgehead atoms. The fraction of sp³-hybridized carbons (Fsp3) is 0.318. The van der Waals surface area contributed by atoms with E-state index in [0.29, 0.717) is 43.9 Å². The van der Waals surface area contributed by atoms with E-state index in [1.165, 1.54) is 0 Å². The van der Waals surface area contributed by atoms with Gasteiger partial charge in [-0.05, 0) is 44.0 Å². The van der Waals surface area contributed by atoms with Crippen molar-refractivity contribution in [2.24, 2.45) is 5.92 Å². The number of carbonyl (C=O) groups excluding carboxylic acids is 3. The zero-order valence-corrected chi connectivity index (χ0v) is 18.4. The van der Waals surface area contributed by atoms with Crippen LogP contribution in [0, 0.1) is 12.8 Å². The van der Waals surface area contributed by atoms with E-state index in [1.54, 1.807) is 17.0 Å². The summed E-state index contributed by atoms with van der Waals surface area (Å²) >= 11 is 0.943. The molecule has 3 heterocycles. The van der Waals surface area contributed by atoms with E-state index < -0.39 is 5.91 Å². The van der Waals surface area contributed by atoms with Crippen LogP contribution in [0.15, 0.2) is 46.9 Å². The number of nitrogens with one attached hydrogen (secondary N) is 2. The molecule has 0 aliphatic carbocycles. The van der Waals surface area contributed by atoms with Gasteiger partial charge in [0.1, 0.15) is 11.5 Å². The number of aromatic nitrogens is 2. The van der Waals surface area contributed by atoms with E-state index in [9.17, 15) is 14.4 Å². The van der Waals surface area contributed by atoms with Gasteiger partial charge in [0.25, 0.3) is 11.8 Å². The molecule has 4 rings (SSSR count). The maximum absolute atomic E-state index is 12.9. The second kappa shape index (κ2) is 9.73. The highest BCUT2D eigenvalue weighted by atomic mass is 32.1. The molecule has 0 radical (unpaired) electrons. The molecule has 1 fully saturated rings. The molecule has 2 aromatic heterocycles. The standard InChI is InChI=1S/C22H23N5O4S/c1-14-9-10-17(31-14)12-23-18(28)15-6-5-11-27(13-15)22(30)21-26-25-20(32-21)19(29)24-16-7-3-2-4-8-16/h2-4,7-10,15H,5-6,11-13H2,1H3,(H,23,28)(H,24,29)/t15-/m0/s1. The van der Waals surface area contributed by atoms with Crippen LogP contribution in [0.3, 0.4) is 0 Å². The van der Waals surface area contributed by atoms with Gasteiger partial charge in [-0.1, -0.05) is 29.5 Å². The van der Waals surface area contributed by atoms with Crippen molar-refractivity contribution in [3.05, 3.63) is 64.0 Å². The van der Waals surface area contributed by atoms with Crippen molar-refractivity contribution in [2.75, 3.05) is 18.4 Å². The van der Waals surface area contributed by atoms with Crippen molar-refractivity contribution in [3.8, 4) is 0 Å². The average molecular weight is 454 g/mol. The quantitative estimate of drug-likeness (QED) is 0.593. The Morgan fingerprint density at radius 2 is 1.91 bits per heavy atom. The molecule has 3 amide bonds. The van der Waals surface area contributed by atoms with E-state index in [-0.39, 0.29) is 27.7 Å². The fourth-order valence-corrected chi connectivity index (χ4v) is 4.22. The molecule has 10 heteroatoms. The number of carbonyl (C=O) groups is 3. The number of piperidine rings is 1. The van der Waals surface area contributed by atoms with Crippen molar-refractivity contribution in [3.63, 3.8) is 0 Å². The van der Waals surface area contributed by atoms with Gasteiger partial charge in [-0.25, -0.2) is 0 Å². The number of aryl methyl sites for hydroxylation is 1. The van der Waals surface area contributed by atoms with Crippen molar-refractivity contribution in [2.45, 2.75) is 26.3 Å². The molecular weight excluding hydrogens is 430 g/mol. The zero-order valence-electron chi connectivity index (χ0n) is 17.5. The predicted molar refractivity (Wildman–Crippen MR) is 118 cm³/mol. The first-order chi connectivity index (χ1) is 15.5. The Bertz CT molecular complexity index is 1110. The van der Waals surface area contributed by atoms with E-state index in [1.807, 2.05) is 37.3 Å². The number of hydrogen-bond donors (Lipinski definition) is 2. The van der Waals surface area contributed by atoms with Gasteiger partial charge in [-0.3, -0.25) is 14.4 Å². The van der Waals surface area contributed by atoms with Crippen LogP contribution < -0.4 is 10.6 Å². The highest BCUT2D eigenvalue weighted by Gasteiger charge is 2.31. The number of benzene rings is 1. The summed E-state index contributed by atoms with van der Waals surface area (Å²) in [7, 11) is 0. The molecule has 1 aliphatic heterocycles. The highest BCUT2D eigenvalue weighted by molar-refractivity contribution is 7.15. The first kappa shape index (κ1) is 21.7. The van der Waals surface area contributed by atoms with Crippen LogP contribution in [0.25, 0.3) is 0 Å². The highest BCUT2D eigenvalue weighted by Crippen LogP contribution is 2.21. The number of nitrogens with zero attached hydrogens (tertiary/aromatic N) is 3. The van der Waals surface area contributed by atoms with Crippen molar-refractivity contribution in [1.29, 1.82) is 0 Å². The third-order valence-corrected chi connectivity index (χ3v) is 6.06. The molecular formula is C22H23N5O4S. The van der Waals surface area contributed by atoms with Crippen molar-refractivity contribution < 1.29 is 18.8 Å². The normalized spacial score (nSPS) is 15.9. The van der Waals surface area contributed by atoms with E-state index in [2.05, 4.69) is 20.8 Å². The van der Waals surface area contributed by atoms with Gasteiger partial charge in [-0.15, -0.1) is 10.2 Å². The van der Waals surface area contributed by atoms with Gasteiger partial charge in [-0.2, -0.15) is 0 Å². The number of likely N-dealkylation sites (tertiary alicyclic amines) is 1. The smallest absolute Gasteiger partial charge is 0.286 e. The zero-order chi connectivity index (χ0) is 22.5. The summed E-state index contributed by atoms with van der Waals surface area (Å²) in [4.78, 5) is 39.5. The largest absolute Gasteiger partial charge is 0.465 e. The minimum absolute atomic E-state index is 0.109. The first-order valence-corrected chi connectivity index (χ1v) is 11.1. The van der Waals surface area contributed by atoms with Crippen molar-refractivity contribution >= 4 is 34.7 Å². The number of anilines is 1. The van der Waals surface area contributed by atoms with Gasteiger partial charge < -0.3 is 20.0 Å². The number of furan rings is 1. The lowest BCUT2D eigenvalue weighted by Crippen LogP contribution is -2.45. The van der Waals surface area contributed by atoms with Crippen LogP contribution >= 0.6 is 11.3 Å². The molecule has 1 aliphatic rings. The Labute approximate surface area is 188 Å². The summed E-state index contributed by atoms with van der Waals surface area (Å²) in [6.45, 7) is 2.99. The van der Waals surface area contributed by atoms with Gasteiger partial charge in [0.2, 0.25) is 15.9 Å².